The molecule has 20 heavy (non-hydrogen) atoms. The average molecular weight is 432 g/mol. The van der Waals surface area contributed by atoms with Crippen molar-refractivity contribution in [2.24, 2.45) is 10.7 Å². The number of sulfonamides is 1. The van der Waals surface area contributed by atoms with Crippen molar-refractivity contribution >= 4 is 51.3 Å². The molecule has 0 fully saturated rings. The molecular weight excluding hydrogens is 411 g/mol. The quantitative estimate of drug-likeness (QED) is 0.294. The Bertz CT molecular complexity index is 499. The van der Waals surface area contributed by atoms with E-state index in [0.29, 0.717) is 16.7 Å². The molecule has 116 valence electrons. The van der Waals surface area contributed by atoms with Gasteiger partial charge in [0, 0.05) is 19.6 Å². The summed E-state index contributed by atoms with van der Waals surface area (Å²) in [5.74, 6) is 0.445. The zero-order valence-corrected chi connectivity index (χ0v) is 15.5. The number of nitrogens with zero attached hydrogens (tertiary/aromatic N) is 2. The van der Waals surface area contributed by atoms with Crippen LogP contribution < -0.4 is 10.5 Å². The molecule has 1 rings (SSSR count). The largest absolute Gasteiger partial charge is 0.370 e. The maximum Gasteiger partial charge on any atom is 0.250 e. The maximum absolute atomic E-state index is 11.8. The highest BCUT2D eigenvalue weighted by atomic mass is 127. The van der Waals surface area contributed by atoms with Crippen molar-refractivity contribution in [3.63, 3.8) is 0 Å². The highest BCUT2D eigenvalue weighted by Crippen LogP contribution is 2.14. The molecule has 0 saturated heterocycles. The standard InChI is InChI=1S/C11H20N4O2S2.HI/c1-3-15(4-2)11(12)13-7-8-14-19(16,17)10-6-5-9-18-10;/h5-6,9,14H,3-4,7-8H2,1-2H3,(H2,12,13);1H. The predicted octanol–water partition coefficient (Wildman–Crippen LogP) is 1.30. The first-order valence-corrected chi connectivity index (χ1v) is 8.45. The monoisotopic (exact) mass is 432 g/mol. The van der Waals surface area contributed by atoms with Crippen LogP contribution in [-0.2, 0) is 10.0 Å². The highest BCUT2D eigenvalue weighted by molar-refractivity contribution is 14.0. The van der Waals surface area contributed by atoms with E-state index in [9.17, 15) is 8.42 Å². The molecule has 0 atom stereocenters. The van der Waals surface area contributed by atoms with E-state index in [0.717, 1.165) is 13.1 Å². The third-order valence-electron chi connectivity index (χ3n) is 2.53. The lowest BCUT2D eigenvalue weighted by atomic mass is 10.5. The topological polar surface area (TPSA) is 87.8 Å². The molecule has 0 bridgehead atoms. The summed E-state index contributed by atoms with van der Waals surface area (Å²) in [5, 5.41) is 1.73. The molecule has 0 spiro atoms. The van der Waals surface area contributed by atoms with Crippen LogP contribution in [-0.4, -0.2) is 45.5 Å². The van der Waals surface area contributed by atoms with Crippen LogP contribution in [0.4, 0.5) is 0 Å². The first-order chi connectivity index (χ1) is 9.01. The molecule has 0 amide bonds. The van der Waals surface area contributed by atoms with Gasteiger partial charge < -0.3 is 10.6 Å². The lowest BCUT2D eigenvalue weighted by Gasteiger charge is -2.19. The van der Waals surface area contributed by atoms with Gasteiger partial charge in [-0.25, -0.2) is 13.1 Å². The number of hydrogen-bond acceptors (Lipinski definition) is 4. The number of nitrogens with one attached hydrogen (secondary N) is 1. The van der Waals surface area contributed by atoms with Crippen molar-refractivity contribution in [3.8, 4) is 0 Å². The summed E-state index contributed by atoms with van der Waals surface area (Å²) in [4.78, 5) is 6.06. The van der Waals surface area contributed by atoms with Gasteiger partial charge in [0.25, 0.3) is 0 Å². The zero-order chi connectivity index (χ0) is 14.3. The van der Waals surface area contributed by atoms with Crippen LogP contribution in [0.3, 0.4) is 0 Å². The van der Waals surface area contributed by atoms with Crippen molar-refractivity contribution in [2.45, 2.75) is 18.1 Å². The van der Waals surface area contributed by atoms with Gasteiger partial charge in [0.15, 0.2) is 5.96 Å². The number of nitrogens with two attached hydrogens (primary N) is 1. The van der Waals surface area contributed by atoms with Gasteiger partial charge in [-0.1, -0.05) is 6.07 Å². The van der Waals surface area contributed by atoms with Crippen LogP contribution in [0.5, 0.6) is 0 Å². The van der Waals surface area contributed by atoms with Gasteiger partial charge in [0.2, 0.25) is 10.0 Å². The fraction of sp³-hybridized carbons (Fsp3) is 0.545. The summed E-state index contributed by atoms with van der Waals surface area (Å²) >= 11 is 1.19. The predicted molar refractivity (Wildman–Crippen MR) is 94.3 cm³/mol. The SMILES string of the molecule is CCN(CC)C(N)=NCCNS(=O)(=O)c1cccs1.I. The van der Waals surface area contributed by atoms with Gasteiger partial charge in [0.1, 0.15) is 4.21 Å². The molecular formula is C11H21IN4O2S2. The third kappa shape index (κ3) is 5.94. The van der Waals surface area contributed by atoms with Gasteiger partial charge in [-0.3, -0.25) is 4.99 Å². The molecule has 9 heteroatoms. The fourth-order valence-corrected chi connectivity index (χ4v) is 3.54. The van der Waals surface area contributed by atoms with Gasteiger partial charge in [-0.15, -0.1) is 35.3 Å². The molecule has 1 heterocycles. The molecule has 6 nitrogen and oxygen atoms in total. The highest BCUT2D eigenvalue weighted by Gasteiger charge is 2.13. The first-order valence-electron chi connectivity index (χ1n) is 6.09. The average Bonchev–Trinajstić information content (AvgIpc) is 2.91. The zero-order valence-electron chi connectivity index (χ0n) is 11.6. The summed E-state index contributed by atoms with van der Waals surface area (Å²) in [6.45, 7) is 6.12. The molecule has 0 aliphatic rings. The smallest absolute Gasteiger partial charge is 0.250 e. The Balaban J connectivity index is 0.00000361. The van der Waals surface area contributed by atoms with Crippen LogP contribution in [0.25, 0.3) is 0 Å². The van der Waals surface area contributed by atoms with Crippen molar-refractivity contribution in [2.75, 3.05) is 26.2 Å². The van der Waals surface area contributed by atoms with Crippen LogP contribution in [0.1, 0.15) is 13.8 Å². The molecule has 0 saturated carbocycles. The summed E-state index contributed by atoms with van der Waals surface area (Å²) in [5.41, 5.74) is 5.78. The van der Waals surface area contributed by atoms with E-state index in [1.807, 2.05) is 18.7 Å². The van der Waals surface area contributed by atoms with E-state index in [4.69, 9.17) is 5.73 Å². The minimum Gasteiger partial charge on any atom is -0.370 e. The van der Waals surface area contributed by atoms with E-state index < -0.39 is 10.0 Å². The number of aliphatic imine (C=N–C) groups is 1. The first kappa shape index (κ1) is 19.6. The lowest BCUT2D eigenvalue weighted by molar-refractivity contribution is 0.458. The molecule has 1 aromatic rings. The number of thiophene rings is 1. The number of guanidine groups is 1. The second-order valence-corrected chi connectivity index (χ2v) is 6.68. The molecule has 3 N–H and O–H groups in total. The van der Waals surface area contributed by atoms with Crippen LogP contribution in [0, 0.1) is 0 Å². The van der Waals surface area contributed by atoms with Crippen LogP contribution in [0.15, 0.2) is 26.7 Å². The second-order valence-electron chi connectivity index (χ2n) is 3.74. The fourth-order valence-electron chi connectivity index (χ4n) is 1.49. The van der Waals surface area contributed by atoms with E-state index in [1.54, 1.807) is 17.5 Å². The lowest BCUT2D eigenvalue weighted by Crippen LogP contribution is -2.37. The van der Waals surface area contributed by atoms with Crippen molar-refractivity contribution in [1.29, 1.82) is 0 Å². The van der Waals surface area contributed by atoms with Gasteiger partial charge >= 0.3 is 0 Å². The minimum absolute atomic E-state index is 0. The Morgan fingerprint density at radius 3 is 2.60 bits per heavy atom. The van der Waals surface area contributed by atoms with Gasteiger partial charge in [0.05, 0.1) is 6.54 Å². The molecule has 0 radical (unpaired) electrons. The Hall–Kier alpha value is -0.390. The Labute approximate surface area is 141 Å². The number of halogens is 1. The van der Waals surface area contributed by atoms with Crippen LogP contribution >= 0.6 is 35.3 Å². The van der Waals surface area contributed by atoms with E-state index >= 15 is 0 Å². The molecule has 0 aliphatic carbocycles. The van der Waals surface area contributed by atoms with Crippen molar-refractivity contribution in [3.05, 3.63) is 17.5 Å². The molecule has 0 unspecified atom stereocenters. The molecule has 1 aromatic heterocycles. The van der Waals surface area contributed by atoms with Crippen molar-refractivity contribution < 1.29 is 8.42 Å². The molecule has 0 aromatic carbocycles. The number of hydrogen-bond donors (Lipinski definition) is 2. The van der Waals surface area contributed by atoms with Gasteiger partial charge in [-0.2, -0.15) is 0 Å². The number of rotatable bonds is 7. The van der Waals surface area contributed by atoms with Gasteiger partial charge in [-0.05, 0) is 25.3 Å². The van der Waals surface area contributed by atoms with E-state index in [1.165, 1.54) is 11.3 Å². The van der Waals surface area contributed by atoms with Crippen LogP contribution in [0.2, 0.25) is 0 Å². The van der Waals surface area contributed by atoms with Crippen molar-refractivity contribution in [1.82, 2.24) is 9.62 Å². The maximum atomic E-state index is 11.8. The molecule has 0 aliphatic heterocycles. The Morgan fingerprint density at radius 1 is 1.45 bits per heavy atom. The summed E-state index contributed by atoms with van der Waals surface area (Å²) in [6, 6.07) is 3.27. The summed E-state index contributed by atoms with van der Waals surface area (Å²) < 4.78 is 26.4. The Morgan fingerprint density at radius 2 is 2.10 bits per heavy atom. The van der Waals surface area contributed by atoms with E-state index in [2.05, 4.69) is 9.71 Å². The summed E-state index contributed by atoms with van der Waals surface area (Å²) in [6.07, 6.45) is 0. The summed E-state index contributed by atoms with van der Waals surface area (Å²) in [7, 11) is -3.40. The minimum atomic E-state index is -3.40. The normalized spacial score (nSPS) is 12.0. The second kappa shape index (κ2) is 9.53. The van der Waals surface area contributed by atoms with E-state index in [-0.39, 0.29) is 30.5 Å². The third-order valence-corrected chi connectivity index (χ3v) is 5.38. The Kier molecular flexibility index (Phi) is 9.34.